The molecule has 0 fully saturated rings. The maximum atomic E-state index is 12.7. The zero-order valence-corrected chi connectivity index (χ0v) is 12.8. The summed E-state index contributed by atoms with van der Waals surface area (Å²) in [4.78, 5) is 23.5. The smallest absolute Gasteiger partial charge is 0.426 e. The summed E-state index contributed by atoms with van der Waals surface area (Å²) in [6.45, 7) is 0. The van der Waals surface area contributed by atoms with Crippen molar-refractivity contribution in [1.29, 1.82) is 0 Å². The summed E-state index contributed by atoms with van der Waals surface area (Å²) in [7, 11) is -3.95. The third kappa shape index (κ3) is 5.82. The fraction of sp³-hybridized carbons (Fsp3) is 0.667. The number of alkyl halides is 3. The van der Waals surface area contributed by atoms with E-state index in [1.54, 1.807) is 6.08 Å². The molecule has 1 rings (SSSR count). The van der Waals surface area contributed by atoms with Gasteiger partial charge in [-0.25, -0.2) is 0 Å². The lowest BCUT2D eigenvalue weighted by Gasteiger charge is -2.27. The first kappa shape index (κ1) is 19.4. The zero-order valence-electron chi connectivity index (χ0n) is 11.9. The number of allylic oxidation sites excluding steroid dienone is 2. The quantitative estimate of drug-likeness (QED) is 0.444. The molecule has 0 heterocycles. The molecule has 0 aromatic carbocycles. The van der Waals surface area contributed by atoms with E-state index >= 15 is 0 Å². The summed E-state index contributed by atoms with van der Waals surface area (Å²) in [6.07, 6.45) is -5.09. The fourth-order valence-electron chi connectivity index (χ4n) is 2.10. The molecule has 0 bridgehead atoms. The Bertz CT molecular complexity index is 582. The SMILES string of the molecule is COC(=O)C1CC=CCC1C(=O)OC(CS(=O)(=O)O)C(F)(F)F. The lowest BCUT2D eigenvalue weighted by atomic mass is 9.83. The summed E-state index contributed by atoms with van der Waals surface area (Å²) < 4.78 is 76.8. The minimum Gasteiger partial charge on any atom is -0.469 e. The molecule has 0 amide bonds. The van der Waals surface area contributed by atoms with Gasteiger partial charge in [-0.1, -0.05) is 12.2 Å². The first-order valence-electron chi connectivity index (χ1n) is 6.41. The molecule has 23 heavy (non-hydrogen) atoms. The van der Waals surface area contributed by atoms with Crippen LogP contribution in [0.1, 0.15) is 12.8 Å². The first-order valence-corrected chi connectivity index (χ1v) is 8.02. The number of methoxy groups -OCH3 is 1. The summed E-state index contributed by atoms with van der Waals surface area (Å²) in [5.41, 5.74) is 0. The van der Waals surface area contributed by atoms with Crippen molar-refractivity contribution in [1.82, 2.24) is 0 Å². The molecule has 3 unspecified atom stereocenters. The number of ether oxygens (including phenoxy) is 2. The normalized spacial score (nSPS) is 23.2. The molecule has 11 heteroatoms. The van der Waals surface area contributed by atoms with Gasteiger partial charge in [0.05, 0.1) is 18.9 Å². The monoisotopic (exact) mass is 360 g/mol. The van der Waals surface area contributed by atoms with E-state index in [0.29, 0.717) is 0 Å². The molecule has 0 saturated heterocycles. The maximum Gasteiger partial charge on any atom is 0.426 e. The van der Waals surface area contributed by atoms with Crippen molar-refractivity contribution in [3.63, 3.8) is 0 Å². The number of hydrogen-bond donors (Lipinski definition) is 1. The summed E-state index contributed by atoms with van der Waals surface area (Å²) in [6, 6.07) is 0. The van der Waals surface area contributed by atoms with Crippen LogP contribution in [0.3, 0.4) is 0 Å². The third-order valence-electron chi connectivity index (χ3n) is 3.22. The van der Waals surface area contributed by atoms with Gasteiger partial charge in [-0.2, -0.15) is 21.6 Å². The van der Waals surface area contributed by atoms with Gasteiger partial charge in [0.15, 0.2) is 0 Å². The number of rotatable bonds is 5. The molecule has 1 aliphatic rings. The Hall–Kier alpha value is -1.62. The van der Waals surface area contributed by atoms with Crippen molar-refractivity contribution < 1.29 is 45.2 Å². The van der Waals surface area contributed by atoms with Gasteiger partial charge in [0.1, 0.15) is 5.75 Å². The Labute approximate surface area is 130 Å². The van der Waals surface area contributed by atoms with Crippen molar-refractivity contribution in [3.8, 4) is 0 Å². The standard InChI is InChI=1S/C12H15F3O7S/c1-21-10(16)7-4-2-3-5-8(7)11(17)22-9(12(13,14)15)6-23(18,19)20/h2-3,7-9H,4-6H2,1H3,(H,18,19,20). The molecule has 0 saturated carbocycles. The Kier molecular flexibility index (Phi) is 6.17. The fourth-order valence-corrected chi connectivity index (χ4v) is 2.74. The van der Waals surface area contributed by atoms with Crippen LogP contribution in [0.2, 0.25) is 0 Å². The topological polar surface area (TPSA) is 107 Å². The highest BCUT2D eigenvalue weighted by Crippen LogP contribution is 2.31. The minimum atomic E-state index is -5.18. The van der Waals surface area contributed by atoms with Crippen LogP contribution in [0.15, 0.2) is 12.2 Å². The van der Waals surface area contributed by atoms with Crippen molar-refractivity contribution in [2.24, 2.45) is 11.8 Å². The Morgan fingerprint density at radius 3 is 2.09 bits per heavy atom. The summed E-state index contributed by atoms with van der Waals surface area (Å²) >= 11 is 0. The second kappa shape index (κ2) is 7.30. The van der Waals surface area contributed by atoms with Gasteiger partial charge in [0.2, 0.25) is 6.10 Å². The van der Waals surface area contributed by atoms with E-state index < -0.39 is 51.9 Å². The average Bonchev–Trinajstić information content (AvgIpc) is 2.43. The number of hydrogen-bond acceptors (Lipinski definition) is 6. The Balaban J connectivity index is 2.92. The van der Waals surface area contributed by atoms with E-state index in [1.807, 2.05) is 0 Å². The molecule has 0 aliphatic heterocycles. The van der Waals surface area contributed by atoms with E-state index in [-0.39, 0.29) is 12.8 Å². The molecule has 1 aliphatic carbocycles. The van der Waals surface area contributed by atoms with Crippen molar-refractivity contribution in [3.05, 3.63) is 12.2 Å². The zero-order chi connectivity index (χ0) is 17.8. The summed E-state index contributed by atoms with van der Waals surface area (Å²) in [5.74, 6) is -6.21. The lowest BCUT2D eigenvalue weighted by molar-refractivity contribution is -0.218. The van der Waals surface area contributed by atoms with Gasteiger partial charge in [0, 0.05) is 0 Å². The van der Waals surface area contributed by atoms with Crippen LogP contribution in [-0.4, -0.2) is 50.1 Å². The molecule has 1 N–H and O–H groups in total. The average molecular weight is 360 g/mol. The number of carbonyl (C=O) groups excluding carboxylic acids is 2. The lowest BCUT2D eigenvalue weighted by Crippen LogP contribution is -2.43. The van der Waals surface area contributed by atoms with Crippen molar-refractivity contribution >= 4 is 22.1 Å². The van der Waals surface area contributed by atoms with Crippen LogP contribution < -0.4 is 0 Å². The first-order chi connectivity index (χ1) is 10.5. The van der Waals surface area contributed by atoms with E-state index in [2.05, 4.69) is 9.47 Å². The molecule has 0 radical (unpaired) electrons. The molecular formula is C12H15F3O7S. The van der Waals surface area contributed by atoms with E-state index in [9.17, 15) is 31.2 Å². The second-order valence-corrected chi connectivity index (χ2v) is 6.39. The van der Waals surface area contributed by atoms with Gasteiger partial charge in [0.25, 0.3) is 10.1 Å². The second-order valence-electron chi connectivity index (χ2n) is 4.89. The van der Waals surface area contributed by atoms with Gasteiger partial charge in [-0.05, 0) is 12.8 Å². The Morgan fingerprint density at radius 2 is 1.70 bits per heavy atom. The molecule has 0 aromatic rings. The number of esters is 2. The van der Waals surface area contributed by atoms with Crippen LogP contribution >= 0.6 is 0 Å². The highest BCUT2D eigenvalue weighted by molar-refractivity contribution is 7.85. The van der Waals surface area contributed by atoms with E-state index in [4.69, 9.17) is 4.55 Å². The van der Waals surface area contributed by atoms with Crippen molar-refractivity contribution in [2.45, 2.75) is 25.1 Å². The van der Waals surface area contributed by atoms with Crippen molar-refractivity contribution in [2.75, 3.05) is 12.9 Å². The third-order valence-corrected chi connectivity index (χ3v) is 3.95. The van der Waals surface area contributed by atoms with Crippen LogP contribution in [0, 0.1) is 11.8 Å². The maximum absolute atomic E-state index is 12.7. The predicted molar refractivity (Wildman–Crippen MR) is 69.7 cm³/mol. The highest BCUT2D eigenvalue weighted by atomic mass is 32.2. The van der Waals surface area contributed by atoms with Gasteiger partial charge < -0.3 is 9.47 Å². The van der Waals surface area contributed by atoms with Crippen LogP contribution in [0.4, 0.5) is 13.2 Å². The molecular weight excluding hydrogens is 345 g/mol. The number of carbonyl (C=O) groups is 2. The predicted octanol–water partition coefficient (Wildman–Crippen LogP) is 1.10. The van der Waals surface area contributed by atoms with E-state index in [0.717, 1.165) is 7.11 Å². The summed E-state index contributed by atoms with van der Waals surface area (Å²) in [5, 5.41) is 0. The number of halogens is 3. The van der Waals surface area contributed by atoms with Crippen LogP contribution in [0.5, 0.6) is 0 Å². The van der Waals surface area contributed by atoms with E-state index in [1.165, 1.54) is 6.08 Å². The molecule has 132 valence electrons. The van der Waals surface area contributed by atoms with Crippen LogP contribution in [0.25, 0.3) is 0 Å². The van der Waals surface area contributed by atoms with Gasteiger partial charge in [-0.3, -0.25) is 14.1 Å². The van der Waals surface area contributed by atoms with Crippen LogP contribution in [-0.2, 0) is 29.2 Å². The molecule has 0 aromatic heterocycles. The van der Waals surface area contributed by atoms with Gasteiger partial charge >= 0.3 is 18.1 Å². The van der Waals surface area contributed by atoms with Gasteiger partial charge in [-0.15, -0.1) is 0 Å². The minimum absolute atomic E-state index is 0.0466. The molecule has 7 nitrogen and oxygen atoms in total. The largest absolute Gasteiger partial charge is 0.469 e. The molecule has 0 spiro atoms. The molecule has 3 atom stereocenters. The highest BCUT2D eigenvalue weighted by Gasteiger charge is 2.47. The Morgan fingerprint density at radius 1 is 1.22 bits per heavy atom.